The highest BCUT2D eigenvalue weighted by Gasteiger charge is 2.17. The molecule has 0 saturated carbocycles. The van der Waals surface area contributed by atoms with Crippen molar-refractivity contribution in [2.24, 2.45) is 5.73 Å². The third kappa shape index (κ3) is 4.77. The Hall–Kier alpha value is -0.0800. The topological polar surface area (TPSA) is 35.2 Å². The van der Waals surface area contributed by atoms with E-state index >= 15 is 0 Å². The Balaban J connectivity index is 0. The summed E-state index contributed by atoms with van der Waals surface area (Å²) >= 11 is 0. The molecule has 0 amide bonds. The first-order chi connectivity index (χ1) is 4.68. The van der Waals surface area contributed by atoms with Crippen LogP contribution in [0.1, 0.15) is 34.1 Å². The molecule has 0 aromatic heterocycles. The molecule has 64 valence electrons. The zero-order valence-electron chi connectivity index (χ0n) is 7.90. The molecule has 0 aliphatic carbocycles. The van der Waals surface area contributed by atoms with Crippen LogP contribution in [0.2, 0.25) is 0 Å². The van der Waals surface area contributed by atoms with Gasteiger partial charge in [0.1, 0.15) is 0 Å². The van der Waals surface area contributed by atoms with Gasteiger partial charge in [-0.25, -0.2) is 0 Å². The maximum atomic E-state index is 5.40. The van der Waals surface area contributed by atoms with Crippen LogP contribution in [0, 0.1) is 0 Å². The fourth-order valence-corrected chi connectivity index (χ4v) is 0.372. The first kappa shape index (κ1) is 12.6. The van der Waals surface area contributed by atoms with Crippen LogP contribution in [0.25, 0.3) is 0 Å². The standard InChI is InChI=1S/C6H15NO.C2H6/c1-4-6(2,5-7)8-3;1-2/h4-5,7H2,1-3H3;1-2H3. The molecule has 0 spiro atoms. The summed E-state index contributed by atoms with van der Waals surface area (Å²) in [5.41, 5.74) is 5.31. The van der Waals surface area contributed by atoms with E-state index in [1.165, 1.54) is 0 Å². The molecule has 0 bridgehead atoms. The Labute approximate surface area is 64.8 Å². The Bertz CT molecular complexity index is 52.0. The summed E-state index contributed by atoms with van der Waals surface area (Å²) in [7, 11) is 1.69. The molecule has 0 rings (SSSR count). The molecule has 1 unspecified atom stereocenters. The highest BCUT2D eigenvalue weighted by molar-refractivity contribution is 4.72. The van der Waals surface area contributed by atoms with Crippen LogP contribution in [0.4, 0.5) is 0 Å². The minimum Gasteiger partial charge on any atom is -0.377 e. The molecular formula is C8H21NO. The van der Waals surface area contributed by atoms with Crippen molar-refractivity contribution in [3.8, 4) is 0 Å². The lowest BCUT2D eigenvalue weighted by Crippen LogP contribution is -2.35. The summed E-state index contributed by atoms with van der Waals surface area (Å²) in [5.74, 6) is 0. The van der Waals surface area contributed by atoms with Crippen LogP contribution in [-0.2, 0) is 4.74 Å². The second-order valence-electron chi connectivity index (χ2n) is 2.21. The lowest BCUT2D eigenvalue weighted by Gasteiger charge is -2.23. The molecule has 1 atom stereocenters. The molecule has 10 heavy (non-hydrogen) atoms. The van der Waals surface area contributed by atoms with E-state index in [1.807, 2.05) is 20.8 Å². The Kier molecular flexibility index (Phi) is 8.85. The number of rotatable bonds is 3. The minimum atomic E-state index is -0.0972. The van der Waals surface area contributed by atoms with Gasteiger partial charge in [-0.05, 0) is 13.3 Å². The van der Waals surface area contributed by atoms with Crippen LogP contribution >= 0.6 is 0 Å². The Morgan fingerprint density at radius 3 is 1.80 bits per heavy atom. The zero-order valence-corrected chi connectivity index (χ0v) is 7.90. The van der Waals surface area contributed by atoms with Gasteiger partial charge in [0, 0.05) is 13.7 Å². The smallest absolute Gasteiger partial charge is 0.0769 e. The molecule has 0 radical (unpaired) electrons. The Morgan fingerprint density at radius 1 is 1.40 bits per heavy atom. The third-order valence-corrected chi connectivity index (χ3v) is 1.67. The van der Waals surface area contributed by atoms with Crippen LogP contribution < -0.4 is 5.73 Å². The summed E-state index contributed by atoms with van der Waals surface area (Å²) in [6.07, 6.45) is 0.972. The summed E-state index contributed by atoms with van der Waals surface area (Å²) in [6.45, 7) is 8.67. The van der Waals surface area contributed by atoms with Gasteiger partial charge in [-0.3, -0.25) is 0 Å². The van der Waals surface area contributed by atoms with Gasteiger partial charge in [0.15, 0.2) is 0 Å². The van der Waals surface area contributed by atoms with E-state index in [0.717, 1.165) is 6.42 Å². The van der Waals surface area contributed by atoms with Gasteiger partial charge in [-0.2, -0.15) is 0 Å². The second-order valence-corrected chi connectivity index (χ2v) is 2.21. The number of methoxy groups -OCH3 is 1. The highest BCUT2D eigenvalue weighted by atomic mass is 16.5. The van der Waals surface area contributed by atoms with Gasteiger partial charge < -0.3 is 10.5 Å². The van der Waals surface area contributed by atoms with E-state index in [0.29, 0.717) is 6.54 Å². The van der Waals surface area contributed by atoms with Crippen LogP contribution in [0.5, 0.6) is 0 Å². The van der Waals surface area contributed by atoms with E-state index < -0.39 is 0 Å². The molecule has 0 aliphatic rings. The van der Waals surface area contributed by atoms with Crippen molar-refractivity contribution in [2.45, 2.75) is 39.7 Å². The van der Waals surface area contributed by atoms with Gasteiger partial charge >= 0.3 is 0 Å². The molecule has 0 aliphatic heterocycles. The lowest BCUT2D eigenvalue weighted by atomic mass is 10.0. The van der Waals surface area contributed by atoms with Crippen molar-refractivity contribution in [3.63, 3.8) is 0 Å². The largest absolute Gasteiger partial charge is 0.377 e. The molecule has 2 heteroatoms. The fourth-order valence-electron chi connectivity index (χ4n) is 0.372. The monoisotopic (exact) mass is 147 g/mol. The summed E-state index contributed by atoms with van der Waals surface area (Å²) < 4.78 is 5.11. The van der Waals surface area contributed by atoms with E-state index in [2.05, 4.69) is 6.92 Å². The predicted octanol–water partition coefficient (Wildman–Crippen LogP) is 1.79. The molecule has 0 aromatic rings. The average molecular weight is 147 g/mol. The van der Waals surface area contributed by atoms with E-state index in [4.69, 9.17) is 10.5 Å². The van der Waals surface area contributed by atoms with Crippen molar-refractivity contribution in [1.29, 1.82) is 0 Å². The van der Waals surface area contributed by atoms with Crippen molar-refractivity contribution in [2.75, 3.05) is 13.7 Å². The van der Waals surface area contributed by atoms with E-state index in [-0.39, 0.29) is 5.60 Å². The van der Waals surface area contributed by atoms with Crippen LogP contribution in [-0.4, -0.2) is 19.3 Å². The number of nitrogens with two attached hydrogens (primary N) is 1. The summed E-state index contributed by atoms with van der Waals surface area (Å²) in [4.78, 5) is 0. The summed E-state index contributed by atoms with van der Waals surface area (Å²) in [5, 5.41) is 0. The van der Waals surface area contributed by atoms with Gasteiger partial charge in [-0.1, -0.05) is 20.8 Å². The van der Waals surface area contributed by atoms with Crippen LogP contribution in [0.3, 0.4) is 0 Å². The summed E-state index contributed by atoms with van der Waals surface area (Å²) in [6, 6.07) is 0. The van der Waals surface area contributed by atoms with Crippen molar-refractivity contribution < 1.29 is 4.74 Å². The van der Waals surface area contributed by atoms with E-state index in [1.54, 1.807) is 7.11 Å². The molecule has 0 aromatic carbocycles. The van der Waals surface area contributed by atoms with Crippen LogP contribution in [0.15, 0.2) is 0 Å². The first-order valence-corrected chi connectivity index (χ1v) is 3.93. The molecule has 0 heterocycles. The number of hydrogen-bond donors (Lipinski definition) is 1. The zero-order chi connectivity index (χ0) is 8.62. The maximum Gasteiger partial charge on any atom is 0.0769 e. The lowest BCUT2D eigenvalue weighted by molar-refractivity contribution is 0.0108. The van der Waals surface area contributed by atoms with Crippen molar-refractivity contribution in [1.82, 2.24) is 0 Å². The van der Waals surface area contributed by atoms with E-state index in [9.17, 15) is 0 Å². The normalized spacial score (nSPS) is 15.0. The predicted molar refractivity (Wildman–Crippen MR) is 46.1 cm³/mol. The van der Waals surface area contributed by atoms with Gasteiger partial charge in [0.05, 0.1) is 5.60 Å². The van der Waals surface area contributed by atoms with Crippen molar-refractivity contribution >= 4 is 0 Å². The fraction of sp³-hybridized carbons (Fsp3) is 1.00. The average Bonchev–Trinajstić information content (AvgIpc) is 2.07. The quantitative estimate of drug-likeness (QED) is 0.660. The minimum absolute atomic E-state index is 0.0972. The molecule has 0 saturated heterocycles. The van der Waals surface area contributed by atoms with Gasteiger partial charge in [0.25, 0.3) is 0 Å². The van der Waals surface area contributed by atoms with Gasteiger partial charge in [0.2, 0.25) is 0 Å². The second kappa shape index (κ2) is 7.03. The Morgan fingerprint density at radius 2 is 1.80 bits per heavy atom. The SMILES string of the molecule is CC.CCC(C)(CN)OC. The molecule has 2 nitrogen and oxygen atoms in total. The maximum absolute atomic E-state index is 5.40. The third-order valence-electron chi connectivity index (χ3n) is 1.67. The first-order valence-electron chi connectivity index (χ1n) is 3.93. The number of hydrogen-bond acceptors (Lipinski definition) is 2. The molecule has 2 N–H and O–H groups in total. The number of ether oxygens (including phenoxy) is 1. The molecule has 0 fully saturated rings. The molecular weight excluding hydrogens is 126 g/mol. The van der Waals surface area contributed by atoms with Crippen molar-refractivity contribution in [3.05, 3.63) is 0 Å². The highest BCUT2D eigenvalue weighted by Crippen LogP contribution is 2.10. The van der Waals surface area contributed by atoms with Gasteiger partial charge in [-0.15, -0.1) is 0 Å².